The van der Waals surface area contributed by atoms with Gasteiger partial charge < -0.3 is 20.1 Å². The summed E-state index contributed by atoms with van der Waals surface area (Å²) in [5.74, 6) is -0.334. The fourth-order valence-corrected chi connectivity index (χ4v) is 1.68. The summed E-state index contributed by atoms with van der Waals surface area (Å²) in [5.41, 5.74) is -0.550. The van der Waals surface area contributed by atoms with Gasteiger partial charge in [0.1, 0.15) is 5.60 Å². The van der Waals surface area contributed by atoms with Crippen LogP contribution in [0.25, 0.3) is 0 Å². The molecule has 20 heavy (non-hydrogen) atoms. The van der Waals surface area contributed by atoms with Crippen molar-refractivity contribution in [3.63, 3.8) is 0 Å². The average Bonchev–Trinajstić information content (AvgIpc) is 2.31. The Morgan fingerprint density at radius 2 is 1.85 bits per heavy atom. The monoisotopic (exact) mass is 288 g/mol. The van der Waals surface area contributed by atoms with E-state index in [1.165, 1.54) is 7.11 Å². The molecule has 0 fully saturated rings. The Hall–Kier alpha value is -1.30. The van der Waals surface area contributed by atoms with Gasteiger partial charge in [-0.15, -0.1) is 0 Å². The van der Waals surface area contributed by atoms with Crippen LogP contribution in [0.15, 0.2) is 0 Å². The van der Waals surface area contributed by atoms with E-state index in [4.69, 9.17) is 4.74 Å². The maximum Gasteiger partial charge on any atom is 0.407 e. The zero-order valence-electron chi connectivity index (χ0n) is 13.2. The van der Waals surface area contributed by atoms with Gasteiger partial charge in [0.25, 0.3) is 0 Å². The van der Waals surface area contributed by atoms with Crippen molar-refractivity contribution in [2.24, 2.45) is 0 Å². The zero-order valence-corrected chi connectivity index (χ0v) is 13.2. The first-order valence-corrected chi connectivity index (χ1v) is 6.99. The van der Waals surface area contributed by atoms with Crippen LogP contribution in [0.1, 0.15) is 46.5 Å². The number of unbranched alkanes of at least 4 members (excludes halogenated alkanes) is 1. The number of hydrogen-bond donors (Lipinski definition) is 2. The third kappa shape index (κ3) is 10.6. The molecule has 1 amide bonds. The number of nitrogens with one attached hydrogen (secondary N) is 2. The molecule has 0 rings (SSSR count). The number of methoxy groups -OCH3 is 1. The van der Waals surface area contributed by atoms with Crippen molar-refractivity contribution in [3.05, 3.63) is 0 Å². The van der Waals surface area contributed by atoms with E-state index < -0.39 is 11.7 Å². The standard InChI is InChI=1S/C14H28N2O4/c1-14(2,3)20-13(18)16-11(10-12(17)19-5)8-6-7-9-15-4/h11,15H,6-10H2,1-5H3,(H,16,18)/t11-/m0/s1. The topological polar surface area (TPSA) is 76.7 Å². The molecule has 2 N–H and O–H groups in total. The lowest BCUT2D eigenvalue weighted by molar-refractivity contribution is -0.141. The summed E-state index contributed by atoms with van der Waals surface area (Å²) in [5, 5.41) is 5.79. The molecule has 0 spiro atoms. The molecule has 0 bridgehead atoms. The second-order valence-electron chi connectivity index (χ2n) is 5.72. The van der Waals surface area contributed by atoms with E-state index >= 15 is 0 Å². The smallest absolute Gasteiger partial charge is 0.407 e. The van der Waals surface area contributed by atoms with E-state index in [1.54, 1.807) is 20.8 Å². The molecule has 0 aliphatic carbocycles. The average molecular weight is 288 g/mol. The number of ether oxygens (including phenoxy) is 2. The second kappa shape index (κ2) is 9.58. The van der Waals surface area contributed by atoms with Gasteiger partial charge in [0, 0.05) is 6.04 Å². The lowest BCUT2D eigenvalue weighted by Crippen LogP contribution is -2.40. The van der Waals surface area contributed by atoms with E-state index in [0.29, 0.717) is 0 Å². The maximum atomic E-state index is 11.7. The number of hydrogen-bond acceptors (Lipinski definition) is 5. The van der Waals surface area contributed by atoms with E-state index in [1.807, 2.05) is 7.05 Å². The largest absolute Gasteiger partial charge is 0.469 e. The molecule has 6 heteroatoms. The van der Waals surface area contributed by atoms with Crippen molar-refractivity contribution in [1.82, 2.24) is 10.6 Å². The zero-order chi connectivity index (χ0) is 15.6. The van der Waals surface area contributed by atoms with Crippen LogP contribution in [-0.2, 0) is 14.3 Å². The maximum absolute atomic E-state index is 11.7. The first kappa shape index (κ1) is 18.7. The molecule has 0 aromatic heterocycles. The van der Waals surface area contributed by atoms with Gasteiger partial charge in [0.15, 0.2) is 0 Å². The fraction of sp³-hybridized carbons (Fsp3) is 0.857. The number of alkyl carbamates (subject to hydrolysis) is 1. The van der Waals surface area contributed by atoms with Crippen LogP contribution in [0.5, 0.6) is 0 Å². The normalized spacial score (nSPS) is 12.7. The number of amides is 1. The Bertz CT molecular complexity index is 300. The number of esters is 1. The van der Waals surface area contributed by atoms with Gasteiger partial charge >= 0.3 is 12.1 Å². The minimum atomic E-state index is -0.550. The van der Waals surface area contributed by atoms with Crippen molar-refractivity contribution in [3.8, 4) is 0 Å². The molecular formula is C14H28N2O4. The summed E-state index contributed by atoms with van der Waals surface area (Å²) in [6, 6.07) is -0.255. The third-order valence-electron chi connectivity index (χ3n) is 2.59. The summed E-state index contributed by atoms with van der Waals surface area (Å²) >= 11 is 0. The van der Waals surface area contributed by atoms with Gasteiger partial charge in [-0.1, -0.05) is 6.42 Å². The van der Waals surface area contributed by atoms with Gasteiger partial charge in [0.2, 0.25) is 0 Å². The molecule has 1 atom stereocenters. The Morgan fingerprint density at radius 3 is 2.35 bits per heavy atom. The fourth-order valence-electron chi connectivity index (χ4n) is 1.68. The molecular weight excluding hydrogens is 260 g/mol. The first-order chi connectivity index (χ1) is 9.28. The molecule has 6 nitrogen and oxygen atoms in total. The molecule has 118 valence electrons. The minimum Gasteiger partial charge on any atom is -0.469 e. The van der Waals surface area contributed by atoms with Crippen molar-refractivity contribution < 1.29 is 19.1 Å². The summed E-state index contributed by atoms with van der Waals surface area (Å²) in [7, 11) is 3.23. The van der Waals surface area contributed by atoms with Crippen molar-refractivity contribution >= 4 is 12.1 Å². The SMILES string of the molecule is CNCCCC[C@@H](CC(=O)OC)NC(=O)OC(C)(C)C. The number of carbonyl (C=O) groups excluding carboxylic acids is 2. The molecule has 0 aliphatic rings. The van der Waals surface area contributed by atoms with E-state index in [9.17, 15) is 9.59 Å². The van der Waals surface area contributed by atoms with Gasteiger partial charge in [-0.25, -0.2) is 4.79 Å². The number of rotatable bonds is 8. The van der Waals surface area contributed by atoms with E-state index in [-0.39, 0.29) is 18.4 Å². The molecule has 0 aliphatic heterocycles. The van der Waals surface area contributed by atoms with Crippen LogP contribution < -0.4 is 10.6 Å². The summed E-state index contributed by atoms with van der Waals surface area (Å²) in [4.78, 5) is 23.1. The third-order valence-corrected chi connectivity index (χ3v) is 2.59. The van der Waals surface area contributed by atoms with Gasteiger partial charge in [0.05, 0.1) is 13.5 Å². The molecule has 0 saturated heterocycles. The molecule has 0 aromatic rings. The predicted molar refractivity (Wildman–Crippen MR) is 77.6 cm³/mol. The Kier molecular flexibility index (Phi) is 8.96. The van der Waals surface area contributed by atoms with Crippen molar-refractivity contribution in [1.29, 1.82) is 0 Å². The quantitative estimate of drug-likeness (QED) is 0.526. The summed E-state index contributed by atoms with van der Waals surface area (Å²) in [6.07, 6.45) is 2.29. The molecule has 0 unspecified atom stereocenters. The molecule has 0 saturated carbocycles. The highest BCUT2D eigenvalue weighted by Gasteiger charge is 2.21. The summed E-state index contributed by atoms with van der Waals surface area (Å²) < 4.78 is 9.84. The van der Waals surface area contributed by atoms with Crippen molar-refractivity contribution in [2.45, 2.75) is 58.1 Å². The molecule has 0 aromatic carbocycles. The van der Waals surface area contributed by atoms with Crippen molar-refractivity contribution in [2.75, 3.05) is 20.7 Å². The number of carbonyl (C=O) groups is 2. The highest BCUT2D eigenvalue weighted by Crippen LogP contribution is 2.10. The van der Waals surface area contributed by atoms with Crippen LogP contribution in [-0.4, -0.2) is 44.4 Å². The second-order valence-corrected chi connectivity index (χ2v) is 5.72. The Labute approximate surface area is 121 Å². The Morgan fingerprint density at radius 1 is 1.20 bits per heavy atom. The van der Waals surface area contributed by atoms with Crippen LogP contribution in [0.3, 0.4) is 0 Å². The first-order valence-electron chi connectivity index (χ1n) is 6.99. The highest BCUT2D eigenvalue weighted by molar-refractivity contribution is 5.72. The van der Waals surface area contributed by atoms with E-state index in [2.05, 4.69) is 15.4 Å². The highest BCUT2D eigenvalue weighted by atomic mass is 16.6. The van der Waals surface area contributed by atoms with Crippen LogP contribution in [0, 0.1) is 0 Å². The molecule has 0 heterocycles. The van der Waals surface area contributed by atoms with Crippen LogP contribution in [0.2, 0.25) is 0 Å². The van der Waals surface area contributed by atoms with Gasteiger partial charge in [-0.3, -0.25) is 4.79 Å². The van der Waals surface area contributed by atoms with E-state index in [0.717, 1.165) is 25.8 Å². The lowest BCUT2D eigenvalue weighted by atomic mass is 10.1. The minimum absolute atomic E-state index is 0.162. The Balaban J connectivity index is 4.29. The molecule has 0 radical (unpaired) electrons. The van der Waals surface area contributed by atoms with Gasteiger partial charge in [-0.2, -0.15) is 0 Å². The van der Waals surface area contributed by atoms with Gasteiger partial charge in [-0.05, 0) is 47.2 Å². The van der Waals surface area contributed by atoms with Crippen LogP contribution >= 0.6 is 0 Å². The lowest BCUT2D eigenvalue weighted by Gasteiger charge is -2.23. The summed E-state index contributed by atoms with van der Waals surface area (Å²) in [6.45, 7) is 6.32. The predicted octanol–water partition coefficient (Wildman–Crippen LogP) is 1.83. The van der Waals surface area contributed by atoms with Crippen LogP contribution in [0.4, 0.5) is 4.79 Å².